The molecular weight excluding hydrogens is 222 g/mol. The lowest BCUT2D eigenvalue weighted by molar-refractivity contribution is 0.0781. The fourth-order valence-electron chi connectivity index (χ4n) is 3.89. The molecule has 1 aliphatic carbocycles. The molecule has 0 aromatic heterocycles. The monoisotopic (exact) mass is 253 g/mol. The third-order valence-corrected chi connectivity index (χ3v) is 5.08. The minimum absolute atomic E-state index is 0.402. The van der Waals surface area contributed by atoms with Crippen LogP contribution in [0.15, 0.2) is 0 Å². The first-order valence-electron chi connectivity index (χ1n) is 7.81. The van der Waals surface area contributed by atoms with Crippen molar-refractivity contribution in [2.45, 2.75) is 64.1 Å². The molecular formula is C15H31N3. The first-order chi connectivity index (χ1) is 8.61. The molecule has 0 bridgehead atoms. The van der Waals surface area contributed by atoms with Crippen LogP contribution in [0.5, 0.6) is 0 Å². The average Bonchev–Trinajstić information content (AvgIpc) is 2.51. The van der Waals surface area contributed by atoms with Crippen LogP contribution < -0.4 is 5.73 Å². The predicted octanol–water partition coefficient (Wildman–Crippen LogP) is 1.92. The third kappa shape index (κ3) is 3.25. The van der Waals surface area contributed by atoms with Crippen molar-refractivity contribution in [1.29, 1.82) is 0 Å². The minimum Gasteiger partial charge on any atom is -0.326 e. The molecule has 3 heteroatoms. The summed E-state index contributed by atoms with van der Waals surface area (Å²) in [6.45, 7) is 8.38. The lowest BCUT2D eigenvalue weighted by atomic mass is 9.80. The van der Waals surface area contributed by atoms with Crippen LogP contribution in [0.1, 0.15) is 46.0 Å². The summed E-state index contributed by atoms with van der Waals surface area (Å²) in [4.78, 5) is 5.19. The highest BCUT2D eigenvalue weighted by Crippen LogP contribution is 2.30. The van der Waals surface area contributed by atoms with Gasteiger partial charge in [0, 0.05) is 31.2 Å². The molecule has 2 N–H and O–H groups in total. The standard InChI is InChI=1S/C15H31N3/c1-4-13-6-7-14(16)15(10-13)18-9-5-8-17(3)11-12(18)2/h12-15H,4-11,16H2,1-3H3. The van der Waals surface area contributed by atoms with Gasteiger partial charge in [-0.3, -0.25) is 4.90 Å². The highest BCUT2D eigenvalue weighted by Gasteiger charge is 2.34. The van der Waals surface area contributed by atoms with Crippen LogP contribution in [0.4, 0.5) is 0 Å². The maximum Gasteiger partial charge on any atom is 0.0253 e. The summed E-state index contributed by atoms with van der Waals surface area (Å²) in [6.07, 6.45) is 6.51. The second-order valence-electron chi connectivity index (χ2n) is 6.52. The van der Waals surface area contributed by atoms with E-state index in [1.165, 1.54) is 51.7 Å². The maximum absolute atomic E-state index is 6.42. The van der Waals surface area contributed by atoms with E-state index in [9.17, 15) is 0 Å². The summed E-state index contributed by atoms with van der Waals surface area (Å²) in [5, 5.41) is 0. The topological polar surface area (TPSA) is 32.5 Å². The van der Waals surface area contributed by atoms with Crippen molar-refractivity contribution in [3.05, 3.63) is 0 Å². The van der Waals surface area contributed by atoms with Gasteiger partial charge < -0.3 is 10.6 Å². The fourth-order valence-corrected chi connectivity index (χ4v) is 3.89. The largest absolute Gasteiger partial charge is 0.326 e. The number of nitrogens with zero attached hydrogens (tertiary/aromatic N) is 2. The molecule has 2 rings (SSSR count). The number of hydrogen-bond donors (Lipinski definition) is 1. The molecule has 0 aromatic rings. The highest BCUT2D eigenvalue weighted by molar-refractivity contribution is 4.92. The third-order valence-electron chi connectivity index (χ3n) is 5.08. The molecule has 106 valence electrons. The van der Waals surface area contributed by atoms with E-state index in [-0.39, 0.29) is 0 Å². The van der Waals surface area contributed by atoms with Crippen molar-refractivity contribution >= 4 is 0 Å². The molecule has 1 heterocycles. The first-order valence-corrected chi connectivity index (χ1v) is 7.81. The fraction of sp³-hybridized carbons (Fsp3) is 1.00. The van der Waals surface area contributed by atoms with Crippen LogP contribution in [0, 0.1) is 5.92 Å². The van der Waals surface area contributed by atoms with Crippen molar-refractivity contribution in [3.63, 3.8) is 0 Å². The second kappa shape index (κ2) is 6.36. The van der Waals surface area contributed by atoms with Gasteiger partial charge in [-0.2, -0.15) is 0 Å². The molecule has 4 unspecified atom stereocenters. The Kier molecular flexibility index (Phi) is 5.05. The summed E-state index contributed by atoms with van der Waals surface area (Å²) in [5.41, 5.74) is 6.42. The van der Waals surface area contributed by atoms with Crippen molar-refractivity contribution < 1.29 is 0 Å². The van der Waals surface area contributed by atoms with E-state index in [0.29, 0.717) is 18.1 Å². The number of rotatable bonds is 2. The molecule has 0 spiro atoms. The van der Waals surface area contributed by atoms with Gasteiger partial charge in [-0.05, 0) is 52.1 Å². The van der Waals surface area contributed by atoms with Gasteiger partial charge >= 0.3 is 0 Å². The van der Waals surface area contributed by atoms with E-state index in [1.54, 1.807) is 0 Å². The number of hydrogen-bond acceptors (Lipinski definition) is 3. The zero-order valence-corrected chi connectivity index (χ0v) is 12.4. The molecule has 1 saturated carbocycles. The second-order valence-corrected chi connectivity index (χ2v) is 6.52. The van der Waals surface area contributed by atoms with Crippen LogP contribution in [0.2, 0.25) is 0 Å². The summed E-state index contributed by atoms with van der Waals surface area (Å²) >= 11 is 0. The van der Waals surface area contributed by atoms with Gasteiger partial charge in [-0.25, -0.2) is 0 Å². The lowest BCUT2D eigenvalue weighted by Crippen LogP contribution is -2.55. The van der Waals surface area contributed by atoms with Crippen LogP contribution in [-0.4, -0.2) is 54.6 Å². The normalized spacial score (nSPS) is 40.7. The van der Waals surface area contributed by atoms with Crippen molar-refractivity contribution in [1.82, 2.24) is 9.80 Å². The molecule has 3 nitrogen and oxygen atoms in total. The van der Waals surface area contributed by atoms with E-state index in [0.717, 1.165) is 5.92 Å². The molecule has 4 atom stereocenters. The van der Waals surface area contributed by atoms with E-state index in [2.05, 4.69) is 30.7 Å². The molecule has 0 radical (unpaired) electrons. The Morgan fingerprint density at radius 2 is 2.00 bits per heavy atom. The van der Waals surface area contributed by atoms with Crippen LogP contribution in [0.25, 0.3) is 0 Å². The van der Waals surface area contributed by atoms with Gasteiger partial charge in [-0.1, -0.05) is 13.3 Å². The summed E-state index contributed by atoms with van der Waals surface area (Å²) < 4.78 is 0. The summed E-state index contributed by atoms with van der Waals surface area (Å²) in [5.74, 6) is 0.906. The van der Waals surface area contributed by atoms with Crippen molar-refractivity contribution in [2.24, 2.45) is 11.7 Å². The van der Waals surface area contributed by atoms with Gasteiger partial charge in [0.2, 0.25) is 0 Å². The van der Waals surface area contributed by atoms with E-state index >= 15 is 0 Å². The molecule has 2 aliphatic rings. The Morgan fingerprint density at radius 1 is 1.22 bits per heavy atom. The average molecular weight is 253 g/mol. The van der Waals surface area contributed by atoms with Crippen LogP contribution in [0.3, 0.4) is 0 Å². The molecule has 2 fully saturated rings. The van der Waals surface area contributed by atoms with Crippen molar-refractivity contribution in [2.75, 3.05) is 26.7 Å². The van der Waals surface area contributed by atoms with E-state index in [4.69, 9.17) is 5.73 Å². The first kappa shape index (κ1) is 14.3. The number of likely N-dealkylation sites (N-methyl/N-ethyl adjacent to an activating group) is 1. The SMILES string of the molecule is CCC1CCC(N)C(N2CCCN(C)CC2C)C1. The van der Waals surface area contributed by atoms with E-state index < -0.39 is 0 Å². The molecule has 18 heavy (non-hydrogen) atoms. The molecule has 0 amide bonds. The van der Waals surface area contributed by atoms with Gasteiger partial charge in [-0.15, -0.1) is 0 Å². The minimum atomic E-state index is 0.402. The predicted molar refractivity (Wildman–Crippen MR) is 77.7 cm³/mol. The maximum atomic E-state index is 6.42. The Hall–Kier alpha value is -0.120. The zero-order chi connectivity index (χ0) is 13.1. The quantitative estimate of drug-likeness (QED) is 0.816. The molecule has 1 aliphatic heterocycles. The van der Waals surface area contributed by atoms with E-state index in [1.807, 2.05) is 0 Å². The van der Waals surface area contributed by atoms with Crippen LogP contribution in [-0.2, 0) is 0 Å². The smallest absolute Gasteiger partial charge is 0.0253 e. The summed E-state index contributed by atoms with van der Waals surface area (Å²) in [6, 6.07) is 1.69. The Morgan fingerprint density at radius 3 is 2.72 bits per heavy atom. The van der Waals surface area contributed by atoms with Gasteiger partial charge in [0.05, 0.1) is 0 Å². The molecule has 1 saturated heterocycles. The summed E-state index contributed by atoms with van der Waals surface area (Å²) in [7, 11) is 2.25. The van der Waals surface area contributed by atoms with Gasteiger partial charge in [0.1, 0.15) is 0 Å². The highest BCUT2D eigenvalue weighted by atomic mass is 15.3. The van der Waals surface area contributed by atoms with Crippen molar-refractivity contribution in [3.8, 4) is 0 Å². The molecule has 0 aromatic carbocycles. The Bertz CT molecular complexity index is 256. The number of nitrogens with two attached hydrogens (primary N) is 1. The Labute approximate surface area is 113 Å². The van der Waals surface area contributed by atoms with Gasteiger partial charge in [0.25, 0.3) is 0 Å². The van der Waals surface area contributed by atoms with Crippen LogP contribution >= 0.6 is 0 Å². The zero-order valence-electron chi connectivity index (χ0n) is 12.4. The lowest BCUT2D eigenvalue weighted by Gasteiger charge is -2.43. The van der Waals surface area contributed by atoms with Gasteiger partial charge in [0.15, 0.2) is 0 Å². The Balaban J connectivity index is 2.02.